The Morgan fingerprint density at radius 2 is 1.95 bits per heavy atom. The third-order valence-corrected chi connectivity index (χ3v) is 3.32. The van der Waals surface area contributed by atoms with Crippen LogP contribution in [0.3, 0.4) is 0 Å². The van der Waals surface area contributed by atoms with Gasteiger partial charge < -0.3 is 4.57 Å². The predicted molar refractivity (Wildman–Crippen MR) is 75.6 cm³/mol. The van der Waals surface area contributed by atoms with E-state index in [0.717, 1.165) is 17.2 Å². The lowest BCUT2D eigenvalue weighted by atomic mass is 10.2. The molecule has 0 spiro atoms. The molecular weight excluding hydrogens is 279 g/mol. The summed E-state index contributed by atoms with van der Waals surface area (Å²) in [6.07, 6.45) is 2.52. The summed E-state index contributed by atoms with van der Waals surface area (Å²) < 4.78 is 14.7. The van der Waals surface area contributed by atoms with Crippen LogP contribution in [-0.4, -0.2) is 15.8 Å². The summed E-state index contributed by atoms with van der Waals surface area (Å²) >= 11 is 5.90. The number of hydrogen-bond acceptors (Lipinski definition) is 2. The van der Waals surface area contributed by atoms with Crippen molar-refractivity contribution in [3.05, 3.63) is 64.7 Å². The van der Waals surface area contributed by atoms with Crippen molar-refractivity contribution in [3.63, 3.8) is 0 Å². The Morgan fingerprint density at radius 1 is 1.20 bits per heavy atom. The first-order valence-electron chi connectivity index (χ1n) is 6.02. The second kappa shape index (κ2) is 5.06. The number of rotatable bonds is 3. The number of halogens is 2. The number of benzene rings is 1. The number of fused-ring (bicyclic) bond motifs is 1. The van der Waals surface area contributed by atoms with Crippen LogP contribution in [0.15, 0.2) is 42.6 Å². The molecule has 3 aromatic rings. The molecule has 0 bridgehead atoms. The van der Waals surface area contributed by atoms with E-state index in [0.29, 0.717) is 22.9 Å². The maximum atomic E-state index is 12.9. The molecule has 2 heterocycles. The normalized spacial score (nSPS) is 10.9. The lowest BCUT2D eigenvalue weighted by Crippen LogP contribution is -1.99. The van der Waals surface area contributed by atoms with Crippen LogP contribution in [0.5, 0.6) is 0 Å². The van der Waals surface area contributed by atoms with E-state index in [4.69, 9.17) is 11.6 Å². The SMILES string of the molecule is O=Cc1cn(Cc2ccc(F)cc2)c2nc(Cl)ccc12. The Hall–Kier alpha value is -2.20. The Balaban J connectivity index is 2.08. The van der Waals surface area contributed by atoms with E-state index >= 15 is 0 Å². The summed E-state index contributed by atoms with van der Waals surface area (Å²) in [5.74, 6) is -0.277. The summed E-state index contributed by atoms with van der Waals surface area (Å²) in [5, 5.41) is 1.12. The minimum absolute atomic E-state index is 0.277. The number of pyridine rings is 1. The molecule has 0 aliphatic heterocycles. The highest BCUT2D eigenvalue weighted by Gasteiger charge is 2.10. The first kappa shape index (κ1) is 12.8. The molecule has 0 unspecified atom stereocenters. The van der Waals surface area contributed by atoms with E-state index in [-0.39, 0.29) is 5.82 Å². The van der Waals surface area contributed by atoms with Gasteiger partial charge in [-0.1, -0.05) is 23.7 Å². The third kappa shape index (κ3) is 2.30. The molecule has 0 aliphatic carbocycles. The van der Waals surface area contributed by atoms with E-state index in [1.54, 1.807) is 30.5 Å². The van der Waals surface area contributed by atoms with Crippen molar-refractivity contribution in [2.45, 2.75) is 6.54 Å². The van der Waals surface area contributed by atoms with Crippen LogP contribution in [0.25, 0.3) is 11.0 Å². The highest BCUT2D eigenvalue weighted by Crippen LogP contribution is 2.21. The van der Waals surface area contributed by atoms with Gasteiger partial charge in [-0.25, -0.2) is 9.37 Å². The number of carbonyl (C=O) groups is 1. The highest BCUT2D eigenvalue weighted by atomic mass is 35.5. The average molecular weight is 289 g/mol. The predicted octanol–water partition coefficient (Wildman–Crippen LogP) is 3.69. The Labute approximate surface area is 119 Å². The van der Waals surface area contributed by atoms with E-state index in [9.17, 15) is 9.18 Å². The van der Waals surface area contributed by atoms with E-state index in [1.807, 2.05) is 4.57 Å². The zero-order valence-corrected chi connectivity index (χ0v) is 11.1. The van der Waals surface area contributed by atoms with Crippen molar-refractivity contribution < 1.29 is 9.18 Å². The Morgan fingerprint density at radius 3 is 2.65 bits per heavy atom. The zero-order valence-electron chi connectivity index (χ0n) is 10.4. The number of aldehydes is 1. The van der Waals surface area contributed by atoms with Crippen LogP contribution >= 0.6 is 11.6 Å². The number of carbonyl (C=O) groups excluding carboxylic acids is 1. The molecule has 0 N–H and O–H groups in total. The van der Waals surface area contributed by atoms with Crippen LogP contribution in [0.1, 0.15) is 15.9 Å². The van der Waals surface area contributed by atoms with Gasteiger partial charge in [-0.2, -0.15) is 0 Å². The van der Waals surface area contributed by atoms with Crippen LogP contribution in [0, 0.1) is 5.82 Å². The lowest BCUT2D eigenvalue weighted by Gasteiger charge is -2.05. The van der Waals surface area contributed by atoms with Crippen molar-refractivity contribution in [3.8, 4) is 0 Å². The Bertz CT molecular complexity index is 780. The second-order valence-corrected chi connectivity index (χ2v) is 4.85. The summed E-state index contributed by atoms with van der Waals surface area (Å²) in [5.41, 5.74) is 2.12. The molecular formula is C15H10ClFN2O. The number of hydrogen-bond donors (Lipinski definition) is 0. The summed E-state index contributed by atoms with van der Waals surface area (Å²) in [4.78, 5) is 15.3. The minimum Gasteiger partial charge on any atom is -0.327 e. The van der Waals surface area contributed by atoms with Crippen molar-refractivity contribution in [2.75, 3.05) is 0 Å². The van der Waals surface area contributed by atoms with Gasteiger partial charge in [0.2, 0.25) is 0 Å². The van der Waals surface area contributed by atoms with Crippen molar-refractivity contribution in [1.29, 1.82) is 0 Å². The second-order valence-electron chi connectivity index (χ2n) is 4.46. The molecule has 100 valence electrons. The van der Waals surface area contributed by atoms with Crippen molar-refractivity contribution in [2.24, 2.45) is 0 Å². The van der Waals surface area contributed by atoms with Gasteiger partial charge in [-0.3, -0.25) is 4.79 Å². The van der Waals surface area contributed by atoms with Gasteiger partial charge in [0.15, 0.2) is 6.29 Å². The molecule has 5 heteroatoms. The number of aromatic nitrogens is 2. The molecule has 0 aliphatic rings. The first-order chi connectivity index (χ1) is 9.67. The first-order valence-corrected chi connectivity index (χ1v) is 6.40. The number of nitrogens with zero attached hydrogens (tertiary/aromatic N) is 2. The van der Waals surface area contributed by atoms with Crippen LogP contribution in [-0.2, 0) is 6.54 Å². The molecule has 0 fully saturated rings. The molecule has 0 saturated carbocycles. The van der Waals surface area contributed by atoms with Gasteiger partial charge in [0.1, 0.15) is 16.6 Å². The van der Waals surface area contributed by atoms with Crippen LogP contribution in [0.4, 0.5) is 4.39 Å². The van der Waals surface area contributed by atoms with Gasteiger partial charge in [0, 0.05) is 23.7 Å². The molecule has 0 amide bonds. The van der Waals surface area contributed by atoms with E-state index in [1.165, 1.54) is 12.1 Å². The smallest absolute Gasteiger partial charge is 0.152 e. The molecule has 20 heavy (non-hydrogen) atoms. The zero-order chi connectivity index (χ0) is 14.1. The topological polar surface area (TPSA) is 34.9 Å². The van der Waals surface area contributed by atoms with Gasteiger partial charge in [-0.15, -0.1) is 0 Å². The highest BCUT2D eigenvalue weighted by molar-refractivity contribution is 6.29. The minimum atomic E-state index is -0.277. The van der Waals surface area contributed by atoms with Gasteiger partial charge in [-0.05, 0) is 29.8 Å². The quantitative estimate of drug-likeness (QED) is 0.544. The van der Waals surface area contributed by atoms with E-state index < -0.39 is 0 Å². The van der Waals surface area contributed by atoms with Crippen LogP contribution in [0.2, 0.25) is 5.15 Å². The van der Waals surface area contributed by atoms with Gasteiger partial charge in [0.05, 0.1) is 0 Å². The fourth-order valence-electron chi connectivity index (χ4n) is 2.17. The summed E-state index contributed by atoms with van der Waals surface area (Å²) in [6.45, 7) is 0.498. The largest absolute Gasteiger partial charge is 0.327 e. The van der Waals surface area contributed by atoms with Crippen molar-refractivity contribution in [1.82, 2.24) is 9.55 Å². The fraction of sp³-hybridized carbons (Fsp3) is 0.0667. The molecule has 0 saturated heterocycles. The van der Waals surface area contributed by atoms with Crippen LogP contribution < -0.4 is 0 Å². The lowest BCUT2D eigenvalue weighted by molar-refractivity contribution is 0.112. The summed E-state index contributed by atoms with van der Waals surface area (Å²) in [7, 11) is 0. The summed E-state index contributed by atoms with van der Waals surface area (Å²) in [6, 6.07) is 9.64. The molecule has 0 radical (unpaired) electrons. The maximum Gasteiger partial charge on any atom is 0.152 e. The fourth-order valence-corrected chi connectivity index (χ4v) is 2.31. The molecule has 3 nitrogen and oxygen atoms in total. The third-order valence-electron chi connectivity index (χ3n) is 3.11. The standard InChI is InChI=1S/C15H10ClFN2O/c16-14-6-5-13-11(9-20)8-19(15(13)18-14)7-10-1-3-12(17)4-2-10/h1-6,8-9H,7H2. The molecule has 1 aromatic carbocycles. The molecule has 3 rings (SSSR count). The average Bonchev–Trinajstić information content (AvgIpc) is 2.79. The Kier molecular flexibility index (Phi) is 3.24. The van der Waals surface area contributed by atoms with E-state index in [2.05, 4.69) is 4.98 Å². The van der Waals surface area contributed by atoms with Gasteiger partial charge >= 0.3 is 0 Å². The molecule has 2 aromatic heterocycles. The maximum absolute atomic E-state index is 12.9. The van der Waals surface area contributed by atoms with Gasteiger partial charge in [0.25, 0.3) is 0 Å². The molecule has 0 atom stereocenters. The van der Waals surface area contributed by atoms with Crippen molar-refractivity contribution >= 4 is 28.9 Å². The monoisotopic (exact) mass is 288 g/mol.